The highest BCUT2D eigenvalue weighted by atomic mass is 35.5. The quantitative estimate of drug-likeness (QED) is 0.622. The molecule has 2 amide bonds. The number of rotatable bonds is 7. The fourth-order valence-corrected chi connectivity index (χ4v) is 2.36. The predicted octanol–water partition coefficient (Wildman–Crippen LogP) is 2.87. The number of benzene rings is 1. The van der Waals surface area contributed by atoms with Gasteiger partial charge in [-0.25, -0.2) is 0 Å². The molecule has 21 heavy (non-hydrogen) atoms. The van der Waals surface area contributed by atoms with E-state index in [4.69, 9.17) is 11.6 Å². The number of hydrogen-bond donors (Lipinski definition) is 1. The number of aryl methyl sites for hydroxylation is 2. The Balaban J connectivity index is 3.19. The average molecular weight is 311 g/mol. The first-order valence-electron chi connectivity index (χ1n) is 7.32. The fourth-order valence-electron chi connectivity index (χ4n) is 2.22. The number of hydrogen-bond acceptors (Lipinski definition) is 2. The van der Waals surface area contributed by atoms with E-state index in [1.54, 1.807) is 11.8 Å². The molecule has 1 aromatic rings. The second kappa shape index (κ2) is 8.67. The third-order valence-corrected chi connectivity index (χ3v) is 3.63. The normalized spacial score (nSPS) is 10.3. The van der Waals surface area contributed by atoms with Gasteiger partial charge in [-0.2, -0.15) is 0 Å². The lowest BCUT2D eigenvalue weighted by molar-refractivity contribution is -0.121. The molecule has 5 heteroatoms. The van der Waals surface area contributed by atoms with Crippen molar-refractivity contribution in [2.24, 2.45) is 0 Å². The first kappa shape index (κ1) is 17.5. The van der Waals surface area contributed by atoms with E-state index in [9.17, 15) is 9.59 Å². The van der Waals surface area contributed by atoms with E-state index < -0.39 is 0 Å². The molecule has 0 radical (unpaired) electrons. The Labute approximate surface area is 131 Å². The molecule has 0 spiro atoms. The summed E-state index contributed by atoms with van der Waals surface area (Å²) in [5, 5.41) is 2.76. The average Bonchev–Trinajstić information content (AvgIpc) is 2.53. The Kier molecular flexibility index (Phi) is 7.23. The first-order chi connectivity index (χ1) is 10.1. The van der Waals surface area contributed by atoms with Crippen LogP contribution in [0.3, 0.4) is 0 Å². The van der Waals surface area contributed by atoms with Gasteiger partial charge in [-0.05, 0) is 24.0 Å². The molecule has 0 aromatic heterocycles. The number of carbonyl (C=O) groups excluding carboxylic acids is 2. The van der Waals surface area contributed by atoms with E-state index in [1.165, 1.54) is 0 Å². The van der Waals surface area contributed by atoms with Crippen molar-refractivity contribution < 1.29 is 9.59 Å². The van der Waals surface area contributed by atoms with Crippen LogP contribution in [-0.4, -0.2) is 24.4 Å². The van der Waals surface area contributed by atoms with Crippen LogP contribution in [0.5, 0.6) is 0 Å². The lowest BCUT2D eigenvalue weighted by atomic mass is 10.0. The predicted molar refractivity (Wildman–Crippen MR) is 86.7 cm³/mol. The molecule has 0 atom stereocenters. The monoisotopic (exact) mass is 310 g/mol. The van der Waals surface area contributed by atoms with Gasteiger partial charge in [0.05, 0.1) is 12.4 Å². The van der Waals surface area contributed by atoms with Crippen molar-refractivity contribution in [3.63, 3.8) is 0 Å². The maximum Gasteiger partial charge on any atom is 0.243 e. The van der Waals surface area contributed by atoms with Gasteiger partial charge in [0.25, 0.3) is 0 Å². The van der Waals surface area contributed by atoms with Crippen molar-refractivity contribution in [2.75, 3.05) is 17.4 Å². The van der Waals surface area contributed by atoms with Crippen molar-refractivity contribution in [3.05, 3.63) is 29.3 Å². The molecular weight excluding hydrogens is 288 g/mol. The van der Waals surface area contributed by atoms with E-state index in [-0.39, 0.29) is 24.4 Å². The summed E-state index contributed by atoms with van der Waals surface area (Å²) in [4.78, 5) is 25.3. The van der Waals surface area contributed by atoms with Crippen LogP contribution in [0.2, 0.25) is 0 Å². The largest absolute Gasteiger partial charge is 0.338 e. The Hall–Kier alpha value is -1.55. The Morgan fingerprint density at radius 3 is 2.14 bits per heavy atom. The number of nitrogens with one attached hydrogen (secondary N) is 1. The summed E-state index contributed by atoms with van der Waals surface area (Å²) in [7, 11) is 0. The molecule has 1 N–H and O–H groups in total. The second-order valence-corrected chi connectivity index (χ2v) is 4.97. The molecule has 116 valence electrons. The van der Waals surface area contributed by atoms with Gasteiger partial charge in [-0.3, -0.25) is 14.5 Å². The van der Waals surface area contributed by atoms with Crippen molar-refractivity contribution in [1.29, 1.82) is 0 Å². The first-order valence-corrected chi connectivity index (χ1v) is 7.86. The van der Waals surface area contributed by atoms with Gasteiger partial charge >= 0.3 is 0 Å². The Bertz CT molecular complexity index is 481. The van der Waals surface area contributed by atoms with Crippen LogP contribution in [0.4, 0.5) is 5.69 Å². The zero-order valence-corrected chi connectivity index (χ0v) is 13.7. The minimum atomic E-state index is -0.205. The molecule has 0 heterocycles. The molecule has 0 bridgehead atoms. The summed E-state index contributed by atoms with van der Waals surface area (Å²) in [6, 6.07) is 6.00. The fraction of sp³-hybridized carbons (Fsp3) is 0.500. The van der Waals surface area contributed by atoms with Crippen LogP contribution in [0.25, 0.3) is 0 Å². The third kappa shape index (κ3) is 4.46. The number of para-hydroxylation sites is 1. The molecule has 0 aliphatic heterocycles. The van der Waals surface area contributed by atoms with Gasteiger partial charge in [0.1, 0.15) is 5.88 Å². The summed E-state index contributed by atoms with van der Waals surface area (Å²) in [5.74, 6) is -0.401. The van der Waals surface area contributed by atoms with Crippen molar-refractivity contribution in [3.8, 4) is 0 Å². The molecule has 0 saturated carbocycles. The molecule has 1 rings (SSSR count). The maximum absolute atomic E-state index is 12.2. The molecule has 0 fully saturated rings. The van der Waals surface area contributed by atoms with Crippen molar-refractivity contribution >= 4 is 29.1 Å². The number of carbonyl (C=O) groups is 2. The zero-order chi connectivity index (χ0) is 15.8. The molecule has 0 saturated heterocycles. The van der Waals surface area contributed by atoms with Crippen LogP contribution in [-0.2, 0) is 22.4 Å². The summed E-state index contributed by atoms with van der Waals surface area (Å²) in [5.41, 5.74) is 3.04. The van der Waals surface area contributed by atoms with E-state index in [0.29, 0.717) is 6.42 Å². The van der Waals surface area contributed by atoms with E-state index >= 15 is 0 Å². The minimum absolute atomic E-state index is 0.0885. The SMILES string of the molecule is CCC(=O)NCN(C(=O)CCl)c1c(CC)cccc1CC. The van der Waals surface area contributed by atoms with Gasteiger partial charge < -0.3 is 5.32 Å². The smallest absolute Gasteiger partial charge is 0.243 e. The molecule has 4 nitrogen and oxygen atoms in total. The Morgan fingerprint density at radius 2 is 1.71 bits per heavy atom. The Morgan fingerprint density at radius 1 is 1.14 bits per heavy atom. The second-order valence-electron chi connectivity index (χ2n) is 4.70. The number of nitrogens with zero attached hydrogens (tertiary/aromatic N) is 1. The van der Waals surface area contributed by atoms with Gasteiger partial charge in [0.2, 0.25) is 11.8 Å². The third-order valence-electron chi connectivity index (χ3n) is 3.41. The summed E-state index contributed by atoms with van der Waals surface area (Å²) >= 11 is 5.73. The highest BCUT2D eigenvalue weighted by Crippen LogP contribution is 2.27. The van der Waals surface area contributed by atoms with Crippen LogP contribution in [0.1, 0.15) is 38.3 Å². The lowest BCUT2D eigenvalue weighted by Gasteiger charge is -2.27. The van der Waals surface area contributed by atoms with Crippen LogP contribution in [0, 0.1) is 0 Å². The number of amides is 2. The maximum atomic E-state index is 12.2. The molecule has 1 aromatic carbocycles. The van der Waals surface area contributed by atoms with E-state index in [2.05, 4.69) is 5.32 Å². The molecular formula is C16H23ClN2O2. The van der Waals surface area contributed by atoms with Gasteiger partial charge in [0, 0.05) is 6.42 Å². The molecule has 0 aliphatic carbocycles. The molecule has 0 aliphatic rings. The van der Waals surface area contributed by atoms with Crippen LogP contribution < -0.4 is 10.2 Å². The summed E-state index contributed by atoms with van der Waals surface area (Å²) < 4.78 is 0. The van der Waals surface area contributed by atoms with Crippen molar-refractivity contribution in [1.82, 2.24) is 5.32 Å². The van der Waals surface area contributed by atoms with Crippen molar-refractivity contribution in [2.45, 2.75) is 40.0 Å². The van der Waals surface area contributed by atoms with E-state index in [1.807, 2.05) is 32.0 Å². The summed E-state index contributed by atoms with van der Waals surface area (Å²) in [6.07, 6.45) is 2.02. The van der Waals surface area contributed by atoms with Crippen LogP contribution >= 0.6 is 11.6 Å². The van der Waals surface area contributed by atoms with Gasteiger partial charge in [0.15, 0.2) is 0 Å². The number of halogens is 1. The number of anilines is 1. The topological polar surface area (TPSA) is 49.4 Å². The highest BCUT2D eigenvalue weighted by Gasteiger charge is 2.20. The van der Waals surface area contributed by atoms with E-state index in [0.717, 1.165) is 29.7 Å². The highest BCUT2D eigenvalue weighted by molar-refractivity contribution is 6.29. The van der Waals surface area contributed by atoms with Gasteiger partial charge in [-0.15, -0.1) is 11.6 Å². The standard InChI is InChI=1S/C16H23ClN2O2/c1-4-12-8-7-9-13(5-2)16(12)19(15(21)10-17)11-18-14(20)6-3/h7-9H,4-6,10-11H2,1-3H3,(H,18,20). The van der Waals surface area contributed by atoms with Crippen LogP contribution in [0.15, 0.2) is 18.2 Å². The van der Waals surface area contributed by atoms with Gasteiger partial charge in [-0.1, -0.05) is 39.0 Å². The lowest BCUT2D eigenvalue weighted by Crippen LogP contribution is -2.42. The number of alkyl halides is 1. The minimum Gasteiger partial charge on any atom is -0.338 e. The summed E-state index contributed by atoms with van der Waals surface area (Å²) in [6.45, 7) is 6.03. The zero-order valence-electron chi connectivity index (χ0n) is 12.9. The molecule has 0 unspecified atom stereocenters.